The molecule has 9 heteroatoms. The summed E-state index contributed by atoms with van der Waals surface area (Å²) < 4.78 is 11.9. The maximum atomic E-state index is 13.6. The topological polar surface area (TPSA) is 119 Å². The van der Waals surface area contributed by atoms with Crippen LogP contribution in [0.15, 0.2) is 9.42 Å². The molecule has 0 aliphatic heterocycles. The van der Waals surface area contributed by atoms with Crippen molar-refractivity contribution in [2.24, 2.45) is 34.8 Å². The number of nitrogens with zero attached hydrogens (tertiary/aromatic N) is 1. The van der Waals surface area contributed by atoms with E-state index in [1.807, 2.05) is 13.8 Å². The van der Waals surface area contributed by atoms with Gasteiger partial charge in [-0.3, -0.25) is 9.59 Å². The Balaban J connectivity index is 1.32. The van der Waals surface area contributed by atoms with Gasteiger partial charge in [-0.25, -0.2) is 0 Å². The van der Waals surface area contributed by atoms with E-state index >= 15 is 0 Å². The third kappa shape index (κ3) is 5.54. The highest BCUT2D eigenvalue weighted by Gasteiger charge is 2.49. The third-order valence-corrected chi connectivity index (χ3v) is 11.1. The van der Waals surface area contributed by atoms with Crippen LogP contribution in [0.3, 0.4) is 0 Å². The van der Waals surface area contributed by atoms with Crippen molar-refractivity contribution in [3.05, 3.63) is 5.76 Å². The highest BCUT2D eigenvalue weighted by Crippen LogP contribution is 2.54. The Morgan fingerprint density at radius 3 is 2.32 bits per heavy atom. The monoisotopic (exact) mass is 532 g/mol. The Bertz CT molecular complexity index is 928. The molecule has 206 valence electrons. The summed E-state index contributed by atoms with van der Waals surface area (Å²) >= 11 is 1.66. The van der Waals surface area contributed by atoms with Crippen LogP contribution in [0.4, 0.5) is 0 Å². The van der Waals surface area contributed by atoms with Gasteiger partial charge >= 0.3 is 0 Å². The molecule has 4 bridgehead atoms. The van der Waals surface area contributed by atoms with Crippen LogP contribution >= 0.6 is 11.8 Å². The predicted octanol–water partition coefficient (Wildman–Crippen LogP) is 4.52. The first-order chi connectivity index (χ1) is 18.0. The number of nitrogens with two attached hydrogens (primary N) is 1. The second kappa shape index (κ2) is 11.6. The Morgan fingerprint density at radius 2 is 1.73 bits per heavy atom. The highest BCUT2D eigenvalue weighted by atomic mass is 32.2. The van der Waals surface area contributed by atoms with Crippen molar-refractivity contribution < 1.29 is 18.8 Å². The molecule has 0 atom stereocenters. The van der Waals surface area contributed by atoms with Gasteiger partial charge < -0.3 is 25.6 Å². The van der Waals surface area contributed by atoms with Gasteiger partial charge in [-0.05, 0) is 86.6 Å². The van der Waals surface area contributed by atoms with Crippen LogP contribution in [0.2, 0.25) is 0 Å². The average Bonchev–Trinajstić information content (AvgIpc) is 3.56. The molecule has 2 amide bonds. The van der Waals surface area contributed by atoms with Crippen molar-refractivity contribution in [1.29, 1.82) is 0 Å². The van der Waals surface area contributed by atoms with Gasteiger partial charge in [0.2, 0.25) is 11.7 Å². The molecule has 37 heavy (non-hydrogen) atoms. The number of carbonyl (C=O) groups excluding carboxylic acids is 2. The van der Waals surface area contributed by atoms with Gasteiger partial charge in [-0.2, -0.15) is 0 Å². The predicted molar refractivity (Wildman–Crippen MR) is 143 cm³/mol. The van der Waals surface area contributed by atoms with E-state index in [9.17, 15) is 9.59 Å². The quantitative estimate of drug-likeness (QED) is 0.362. The zero-order valence-electron chi connectivity index (χ0n) is 22.4. The minimum absolute atomic E-state index is 0.0590. The molecule has 1 heterocycles. The van der Waals surface area contributed by atoms with Crippen LogP contribution in [0.5, 0.6) is 5.88 Å². The summed E-state index contributed by atoms with van der Waals surface area (Å²) in [6, 6.07) is 0.234. The van der Waals surface area contributed by atoms with E-state index < -0.39 is 5.41 Å². The first kappa shape index (κ1) is 26.9. The maximum Gasteiger partial charge on any atom is 0.291 e. The molecule has 0 saturated heterocycles. The fourth-order valence-corrected chi connectivity index (χ4v) is 8.92. The van der Waals surface area contributed by atoms with Gasteiger partial charge in [0.05, 0.1) is 5.41 Å². The number of thioether (sulfide) groups is 1. The first-order valence-corrected chi connectivity index (χ1v) is 15.4. The van der Waals surface area contributed by atoms with Crippen molar-refractivity contribution in [3.63, 3.8) is 0 Å². The van der Waals surface area contributed by atoms with Crippen LogP contribution < -0.4 is 21.1 Å². The number of hydrogen-bond acceptors (Lipinski definition) is 7. The van der Waals surface area contributed by atoms with E-state index in [0.29, 0.717) is 53.8 Å². The molecule has 0 unspecified atom stereocenters. The largest absolute Gasteiger partial charge is 0.474 e. The van der Waals surface area contributed by atoms with Crippen LogP contribution in [0, 0.1) is 29.1 Å². The van der Waals surface area contributed by atoms with Crippen molar-refractivity contribution in [3.8, 4) is 5.88 Å². The summed E-state index contributed by atoms with van der Waals surface area (Å²) in [5, 5.41) is 10.9. The molecule has 0 aromatic carbocycles. The summed E-state index contributed by atoms with van der Waals surface area (Å²) in [4.78, 5) is 27.3. The number of aromatic nitrogens is 1. The van der Waals surface area contributed by atoms with Gasteiger partial charge in [-0.15, -0.1) is 11.8 Å². The number of nitrogens with one attached hydrogen (secondary N) is 2. The molecule has 0 radical (unpaired) electrons. The smallest absolute Gasteiger partial charge is 0.291 e. The number of rotatable bonds is 12. The Kier molecular flexibility index (Phi) is 8.39. The van der Waals surface area contributed by atoms with Crippen molar-refractivity contribution in [1.82, 2.24) is 15.8 Å². The van der Waals surface area contributed by atoms with E-state index in [2.05, 4.69) is 15.8 Å². The molecule has 5 saturated carbocycles. The van der Waals surface area contributed by atoms with Crippen LogP contribution in [0.25, 0.3) is 0 Å². The summed E-state index contributed by atoms with van der Waals surface area (Å²) in [6.07, 6.45) is 12.2. The van der Waals surface area contributed by atoms with Gasteiger partial charge in [0, 0.05) is 24.4 Å². The summed E-state index contributed by atoms with van der Waals surface area (Å²) in [5.41, 5.74) is 4.90. The van der Waals surface area contributed by atoms with Gasteiger partial charge in [0.15, 0.2) is 0 Å². The Hall–Kier alpha value is -1.74. The standard InChI is InChI=1S/C28H44N4O4S/c1-3-28(4-2,27(34)30-10-9-29)16-35-26-24(37-21-7-5-6-8-21)23(36-32-26)25(33)31-22-19-12-17-11-18(14-19)15-20(22)13-17/h17-22H,3-16,29H2,1-2H3,(H,30,34)(H,31,33). The molecule has 6 rings (SSSR count). The van der Waals surface area contributed by atoms with Crippen molar-refractivity contribution in [2.45, 2.75) is 101 Å². The lowest BCUT2D eigenvalue weighted by Crippen LogP contribution is -2.55. The van der Waals surface area contributed by atoms with E-state index in [0.717, 1.165) is 24.7 Å². The van der Waals surface area contributed by atoms with Gasteiger partial charge in [0.1, 0.15) is 11.5 Å². The minimum Gasteiger partial charge on any atom is -0.474 e. The molecule has 8 nitrogen and oxygen atoms in total. The summed E-state index contributed by atoms with van der Waals surface area (Å²) in [5.74, 6) is 3.27. The first-order valence-electron chi connectivity index (χ1n) is 14.5. The lowest BCUT2D eigenvalue weighted by Gasteiger charge is -2.54. The molecular formula is C28H44N4O4S. The molecule has 4 N–H and O–H groups in total. The normalized spacial score (nSPS) is 29.0. The van der Waals surface area contributed by atoms with Crippen LogP contribution in [-0.4, -0.2) is 48.0 Å². The highest BCUT2D eigenvalue weighted by molar-refractivity contribution is 8.00. The van der Waals surface area contributed by atoms with Gasteiger partial charge in [-0.1, -0.05) is 26.7 Å². The molecule has 1 aromatic rings. The number of ether oxygens (including phenoxy) is 1. The number of hydrogen-bond donors (Lipinski definition) is 3. The Labute approximate surface area is 224 Å². The molecule has 5 aliphatic carbocycles. The molecule has 5 fully saturated rings. The van der Waals surface area contributed by atoms with Gasteiger partial charge in [0.25, 0.3) is 11.8 Å². The second-order valence-corrected chi connectivity index (χ2v) is 13.2. The fraction of sp³-hybridized carbons (Fsp3) is 0.821. The lowest BCUT2D eigenvalue weighted by atomic mass is 9.54. The molecular weight excluding hydrogens is 488 g/mol. The Morgan fingerprint density at radius 1 is 1.08 bits per heavy atom. The number of amides is 2. The molecule has 1 aromatic heterocycles. The van der Waals surface area contributed by atoms with Crippen molar-refractivity contribution in [2.75, 3.05) is 19.7 Å². The molecule has 5 aliphatic rings. The maximum absolute atomic E-state index is 13.6. The molecule has 0 spiro atoms. The SMILES string of the molecule is CCC(CC)(COc1noc(C(=O)NC2C3CC4CC(C3)CC2C4)c1SC1CCCC1)C(=O)NCCN. The van der Waals surface area contributed by atoms with E-state index in [-0.39, 0.29) is 30.2 Å². The van der Waals surface area contributed by atoms with Crippen molar-refractivity contribution >= 4 is 23.6 Å². The summed E-state index contributed by atoms with van der Waals surface area (Å²) in [6.45, 7) is 5.00. The van der Waals surface area contributed by atoms with Crippen LogP contribution in [-0.2, 0) is 4.79 Å². The lowest BCUT2D eigenvalue weighted by molar-refractivity contribution is -0.133. The van der Waals surface area contributed by atoms with E-state index in [4.69, 9.17) is 15.0 Å². The second-order valence-electron chi connectivity index (χ2n) is 11.9. The van der Waals surface area contributed by atoms with E-state index in [1.54, 1.807) is 11.8 Å². The summed E-state index contributed by atoms with van der Waals surface area (Å²) in [7, 11) is 0. The zero-order valence-corrected chi connectivity index (χ0v) is 23.2. The minimum atomic E-state index is -0.688. The number of carbonyl (C=O) groups is 2. The van der Waals surface area contributed by atoms with E-state index in [1.165, 1.54) is 44.9 Å². The van der Waals surface area contributed by atoms with Crippen LogP contribution in [0.1, 0.15) is 95.0 Å². The average molecular weight is 533 g/mol. The fourth-order valence-electron chi connectivity index (χ4n) is 7.58. The zero-order chi connectivity index (χ0) is 26.0. The third-order valence-electron chi connectivity index (χ3n) is 9.69.